The van der Waals surface area contributed by atoms with Crippen LogP contribution in [0.2, 0.25) is 0 Å². The number of rotatable bonds is 3. The number of piperazine rings is 1. The molecule has 6 nitrogen and oxygen atoms in total. The first kappa shape index (κ1) is 14.0. The Labute approximate surface area is 117 Å². The van der Waals surface area contributed by atoms with Crippen LogP contribution >= 0.6 is 0 Å². The van der Waals surface area contributed by atoms with Gasteiger partial charge in [-0.1, -0.05) is 6.07 Å². The van der Waals surface area contributed by atoms with Crippen molar-refractivity contribution in [2.75, 3.05) is 25.0 Å². The van der Waals surface area contributed by atoms with Gasteiger partial charge in [-0.15, -0.1) is 0 Å². The van der Waals surface area contributed by atoms with Crippen LogP contribution in [0.3, 0.4) is 0 Å². The molecule has 1 aromatic rings. The van der Waals surface area contributed by atoms with Crippen LogP contribution in [0.4, 0.5) is 5.69 Å². The van der Waals surface area contributed by atoms with E-state index in [0.717, 1.165) is 0 Å². The van der Waals surface area contributed by atoms with Crippen LogP contribution in [0.5, 0.6) is 0 Å². The molecule has 0 radical (unpaired) electrons. The topological polar surface area (TPSA) is 85.2 Å². The zero-order valence-corrected chi connectivity index (χ0v) is 11.2. The van der Waals surface area contributed by atoms with E-state index in [1.54, 1.807) is 31.2 Å². The number of nitrogens with zero attached hydrogens (tertiary/aromatic N) is 2. The number of benzene rings is 1. The molecule has 2 N–H and O–H groups in total. The maximum atomic E-state index is 12.2. The zero-order chi connectivity index (χ0) is 14.5. The number of nitrogens with one attached hydrogen (secondary N) is 2. The van der Waals surface area contributed by atoms with E-state index in [1.165, 1.54) is 0 Å². The molecule has 0 aromatic heterocycles. The van der Waals surface area contributed by atoms with E-state index in [9.17, 15) is 9.59 Å². The van der Waals surface area contributed by atoms with Gasteiger partial charge < -0.3 is 10.6 Å². The number of hydrogen-bond donors (Lipinski definition) is 2. The molecule has 1 aliphatic rings. The third-order valence-electron chi connectivity index (χ3n) is 3.25. The number of nitriles is 1. The van der Waals surface area contributed by atoms with Crippen molar-refractivity contribution in [3.8, 4) is 6.07 Å². The van der Waals surface area contributed by atoms with Crippen molar-refractivity contribution < 1.29 is 9.59 Å². The van der Waals surface area contributed by atoms with Crippen molar-refractivity contribution in [3.63, 3.8) is 0 Å². The molecule has 2 rings (SSSR count). The molecule has 1 aromatic carbocycles. The van der Waals surface area contributed by atoms with Gasteiger partial charge in [0.2, 0.25) is 11.8 Å². The number of hydrogen-bond acceptors (Lipinski definition) is 4. The third-order valence-corrected chi connectivity index (χ3v) is 3.25. The summed E-state index contributed by atoms with van der Waals surface area (Å²) in [4.78, 5) is 25.3. The maximum Gasteiger partial charge on any atom is 0.241 e. The molecule has 0 spiro atoms. The largest absolute Gasteiger partial charge is 0.354 e. The monoisotopic (exact) mass is 272 g/mol. The first-order valence-corrected chi connectivity index (χ1v) is 6.42. The van der Waals surface area contributed by atoms with Crippen LogP contribution in [0, 0.1) is 11.3 Å². The summed E-state index contributed by atoms with van der Waals surface area (Å²) in [6.45, 7) is 3.20. The standard InChI is InChI=1S/C14H16N4O2/c1-10(18-6-5-16-13(19)9-18)14(20)17-12-4-2-3-11(7-12)8-15/h2-4,7,10H,5-6,9H2,1H3,(H,16,19)(H,17,20)/t10-/m1/s1. The van der Waals surface area contributed by atoms with Crippen LogP contribution in [-0.2, 0) is 9.59 Å². The zero-order valence-electron chi connectivity index (χ0n) is 11.2. The minimum atomic E-state index is -0.396. The highest BCUT2D eigenvalue weighted by atomic mass is 16.2. The van der Waals surface area contributed by atoms with Crippen molar-refractivity contribution in [1.29, 1.82) is 5.26 Å². The quantitative estimate of drug-likeness (QED) is 0.829. The van der Waals surface area contributed by atoms with Gasteiger partial charge in [0.05, 0.1) is 24.2 Å². The second-order valence-corrected chi connectivity index (χ2v) is 4.68. The molecule has 20 heavy (non-hydrogen) atoms. The lowest BCUT2D eigenvalue weighted by molar-refractivity contribution is -0.127. The van der Waals surface area contributed by atoms with Crippen molar-refractivity contribution in [1.82, 2.24) is 10.2 Å². The minimum Gasteiger partial charge on any atom is -0.354 e. The van der Waals surface area contributed by atoms with Crippen molar-refractivity contribution in [2.45, 2.75) is 13.0 Å². The SMILES string of the molecule is C[C@H](C(=O)Nc1cccc(C#N)c1)N1CCNC(=O)C1. The van der Waals surface area contributed by atoms with Gasteiger partial charge in [0.15, 0.2) is 0 Å². The normalized spacial score (nSPS) is 16.9. The van der Waals surface area contributed by atoms with Crippen LogP contribution in [0.1, 0.15) is 12.5 Å². The Bertz CT molecular complexity index is 565. The van der Waals surface area contributed by atoms with Gasteiger partial charge in [0, 0.05) is 18.8 Å². The third kappa shape index (κ3) is 3.33. The molecule has 1 heterocycles. The molecule has 0 saturated carbocycles. The van der Waals surface area contributed by atoms with Crippen molar-refractivity contribution in [3.05, 3.63) is 29.8 Å². The molecular weight excluding hydrogens is 256 g/mol. The molecule has 0 aliphatic carbocycles. The van der Waals surface area contributed by atoms with E-state index in [2.05, 4.69) is 10.6 Å². The summed E-state index contributed by atoms with van der Waals surface area (Å²) in [5.74, 6) is -0.253. The fourth-order valence-corrected chi connectivity index (χ4v) is 2.07. The number of carbonyl (C=O) groups excluding carboxylic acids is 2. The van der Waals surface area contributed by atoms with Gasteiger partial charge in [-0.2, -0.15) is 5.26 Å². The Hall–Kier alpha value is -2.39. The molecule has 0 unspecified atom stereocenters. The van der Waals surface area contributed by atoms with Crippen LogP contribution < -0.4 is 10.6 Å². The highest BCUT2D eigenvalue weighted by Crippen LogP contribution is 2.11. The average molecular weight is 272 g/mol. The molecule has 2 amide bonds. The lowest BCUT2D eigenvalue weighted by atomic mass is 10.2. The first-order chi connectivity index (χ1) is 9.60. The van der Waals surface area contributed by atoms with Crippen LogP contribution in [0.15, 0.2) is 24.3 Å². The van der Waals surface area contributed by atoms with Gasteiger partial charge >= 0.3 is 0 Å². The molecule has 6 heteroatoms. The molecule has 1 atom stereocenters. The van der Waals surface area contributed by atoms with E-state index < -0.39 is 6.04 Å². The lowest BCUT2D eigenvalue weighted by Crippen LogP contribution is -2.53. The molecule has 0 bridgehead atoms. The van der Waals surface area contributed by atoms with Gasteiger partial charge in [-0.25, -0.2) is 0 Å². The van der Waals surface area contributed by atoms with Gasteiger partial charge in [0.1, 0.15) is 0 Å². The predicted octanol–water partition coefficient (Wildman–Crippen LogP) is 0.317. The summed E-state index contributed by atoms with van der Waals surface area (Å²) in [5.41, 5.74) is 1.08. The highest BCUT2D eigenvalue weighted by Gasteiger charge is 2.25. The first-order valence-electron chi connectivity index (χ1n) is 6.42. The summed E-state index contributed by atoms with van der Waals surface area (Å²) in [5, 5.41) is 14.3. The molecule has 104 valence electrons. The van der Waals surface area contributed by atoms with Crippen LogP contribution in [0.25, 0.3) is 0 Å². The molecular formula is C14H16N4O2. The average Bonchev–Trinajstić information content (AvgIpc) is 2.46. The summed E-state index contributed by atoms with van der Waals surface area (Å²) in [6, 6.07) is 8.37. The Morgan fingerprint density at radius 1 is 1.55 bits per heavy atom. The molecule has 1 aliphatic heterocycles. The van der Waals surface area contributed by atoms with E-state index in [1.807, 2.05) is 11.0 Å². The second-order valence-electron chi connectivity index (χ2n) is 4.68. The highest BCUT2D eigenvalue weighted by molar-refractivity contribution is 5.95. The summed E-state index contributed by atoms with van der Waals surface area (Å²) >= 11 is 0. The van der Waals surface area contributed by atoms with E-state index in [4.69, 9.17) is 5.26 Å². The number of carbonyl (C=O) groups is 2. The van der Waals surface area contributed by atoms with Gasteiger partial charge in [-0.05, 0) is 25.1 Å². The summed E-state index contributed by atoms with van der Waals surface area (Å²) in [6.07, 6.45) is 0. The van der Waals surface area contributed by atoms with Gasteiger partial charge in [-0.3, -0.25) is 14.5 Å². The Balaban J connectivity index is 2.00. The van der Waals surface area contributed by atoms with E-state index >= 15 is 0 Å². The van der Waals surface area contributed by atoms with Crippen molar-refractivity contribution >= 4 is 17.5 Å². The maximum absolute atomic E-state index is 12.2. The van der Waals surface area contributed by atoms with Gasteiger partial charge in [0.25, 0.3) is 0 Å². The smallest absolute Gasteiger partial charge is 0.241 e. The Morgan fingerprint density at radius 3 is 3.05 bits per heavy atom. The van der Waals surface area contributed by atoms with E-state index in [0.29, 0.717) is 24.3 Å². The minimum absolute atomic E-state index is 0.0672. The fraction of sp³-hybridized carbons (Fsp3) is 0.357. The predicted molar refractivity (Wildman–Crippen MR) is 73.8 cm³/mol. The van der Waals surface area contributed by atoms with Crippen molar-refractivity contribution in [2.24, 2.45) is 0 Å². The Kier molecular flexibility index (Phi) is 4.33. The fourth-order valence-electron chi connectivity index (χ4n) is 2.07. The van der Waals surface area contributed by atoms with Crippen LogP contribution in [-0.4, -0.2) is 42.4 Å². The number of amides is 2. The molecule has 1 saturated heterocycles. The summed E-state index contributed by atoms with van der Waals surface area (Å²) < 4.78 is 0. The Morgan fingerprint density at radius 2 is 2.35 bits per heavy atom. The lowest BCUT2D eigenvalue weighted by Gasteiger charge is -2.31. The summed E-state index contributed by atoms with van der Waals surface area (Å²) in [7, 11) is 0. The second kappa shape index (κ2) is 6.17. The number of anilines is 1. The van der Waals surface area contributed by atoms with E-state index in [-0.39, 0.29) is 18.4 Å². The molecule has 1 fully saturated rings.